The van der Waals surface area contributed by atoms with Crippen molar-refractivity contribution in [3.8, 4) is 0 Å². The van der Waals surface area contributed by atoms with Gasteiger partial charge in [-0.3, -0.25) is 13.9 Å². The van der Waals surface area contributed by atoms with Gasteiger partial charge in [-0.15, -0.1) is 0 Å². The minimum atomic E-state index is -3.72. The quantitative estimate of drug-likeness (QED) is 0.297. The summed E-state index contributed by atoms with van der Waals surface area (Å²) >= 11 is 25.1. The number of amides is 2. The molecular weight excluding hydrogens is 604 g/mol. The van der Waals surface area contributed by atoms with Gasteiger partial charge in [0.05, 0.1) is 17.0 Å². The van der Waals surface area contributed by atoms with Crippen molar-refractivity contribution in [3.05, 3.63) is 62.1 Å². The zero-order valence-corrected chi connectivity index (χ0v) is 25.8. The number of nitrogens with one attached hydrogen (secondary N) is 1. The summed E-state index contributed by atoms with van der Waals surface area (Å²) in [6.07, 6.45) is 6.32. The van der Waals surface area contributed by atoms with Crippen molar-refractivity contribution in [3.63, 3.8) is 0 Å². The fourth-order valence-corrected chi connectivity index (χ4v) is 6.59. The molecule has 1 N–H and O–H groups in total. The van der Waals surface area contributed by atoms with Crippen LogP contribution in [-0.2, 0) is 26.2 Å². The molecule has 39 heavy (non-hydrogen) atoms. The van der Waals surface area contributed by atoms with Crippen molar-refractivity contribution in [2.24, 2.45) is 0 Å². The van der Waals surface area contributed by atoms with Gasteiger partial charge in [-0.05, 0) is 56.5 Å². The van der Waals surface area contributed by atoms with Gasteiger partial charge >= 0.3 is 0 Å². The highest BCUT2D eigenvalue weighted by Crippen LogP contribution is 2.31. The first-order valence-electron chi connectivity index (χ1n) is 12.8. The van der Waals surface area contributed by atoms with Crippen LogP contribution < -0.4 is 9.62 Å². The number of rotatable bonds is 11. The van der Waals surface area contributed by atoms with E-state index >= 15 is 0 Å². The molecule has 0 aliphatic heterocycles. The summed E-state index contributed by atoms with van der Waals surface area (Å²) in [5.41, 5.74) is 0.772. The smallest absolute Gasteiger partial charge is 0.242 e. The Bertz CT molecular complexity index is 1270. The topological polar surface area (TPSA) is 86.8 Å². The molecule has 2 aromatic rings. The van der Waals surface area contributed by atoms with E-state index in [-0.39, 0.29) is 54.5 Å². The summed E-state index contributed by atoms with van der Waals surface area (Å²) in [5, 5.41) is 4.41. The zero-order valence-electron chi connectivity index (χ0n) is 21.9. The van der Waals surface area contributed by atoms with Crippen molar-refractivity contribution in [2.45, 2.75) is 70.5 Å². The van der Waals surface area contributed by atoms with Crippen LogP contribution in [0.1, 0.15) is 57.4 Å². The molecule has 0 heterocycles. The summed E-state index contributed by atoms with van der Waals surface area (Å²) in [7, 11) is -3.72. The van der Waals surface area contributed by atoms with E-state index in [2.05, 4.69) is 5.32 Å². The van der Waals surface area contributed by atoms with Gasteiger partial charge in [0.2, 0.25) is 21.8 Å². The van der Waals surface area contributed by atoms with Crippen LogP contribution in [0.3, 0.4) is 0 Å². The first-order chi connectivity index (χ1) is 18.4. The highest BCUT2D eigenvalue weighted by Gasteiger charge is 2.29. The molecular formula is C27H33Cl4N3O4S. The summed E-state index contributed by atoms with van der Waals surface area (Å²) in [4.78, 5) is 28.2. The molecule has 214 valence electrons. The van der Waals surface area contributed by atoms with Crippen LogP contribution in [0.15, 0.2) is 36.4 Å². The molecule has 1 aliphatic rings. The number of hydrogen-bond donors (Lipinski definition) is 1. The van der Waals surface area contributed by atoms with Crippen molar-refractivity contribution in [1.82, 2.24) is 10.2 Å². The molecule has 0 bridgehead atoms. The van der Waals surface area contributed by atoms with Crippen LogP contribution >= 0.6 is 46.4 Å². The van der Waals surface area contributed by atoms with Gasteiger partial charge in [0, 0.05) is 46.2 Å². The summed E-state index contributed by atoms with van der Waals surface area (Å²) < 4.78 is 26.2. The number of carbonyl (C=O) groups excluding carboxylic acids is 2. The Morgan fingerprint density at radius 2 is 1.64 bits per heavy atom. The fraction of sp³-hybridized carbons (Fsp3) is 0.481. The lowest BCUT2D eigenvalue weighted by molar-refractivity contribution is -0.141. The Labute approximate surface area is 250 Å². The molecule has 1 aliphatic carbocycles. The minimum Gasteiger partial charge on any atom is -0.352 e. The molecule has 1 saturated carbocycles. The number of halogens is 4. The van der Waals surface area contributed by atoms with Crippen LogP contribution in [0.2, 0.25) is 20.1 Å². The minimum absolute atomic E-state index is 0.00598. The molecule has 2 aromatic carbocycles. The Hall–Kier alpha value is -1.71. The van der Waals surface area contributed by atoms with Crippen LogP contribution in [0.25, 0.3) is 0 Å². The average molecular weight is 637 g/mol. The first-order valence-corrected chi connectivity index (χ1v) is 16.2. The molecule has 0 saturated heterocycles. The molecule has 12 heteroatoms. The number of anilines is 1. The summed E-state index contributed by atoms with van der Waals surface area (Å²) in [5.74, 6) is -0.579. The van der Waals surface area contributed by atoms with E-state index in [1.807, 2.05) is 0 Å². The second kappa shape index (κ2) is 14.3. The van der Waals surface area contributed by atoms with Crippen molar-refractivity contribution >= 4 is 73.9 Å². The maximum Gasteiger partial charge on any atom is 0.242 e. The van der Waals surface area contributed by atoms with Crippen molar-refractivity contribution in [1.29, 1.82) is 0 Å². The molecule has 1 fully saturated rings. The predicted molar refractivity (Wildman–Crippen MR) is 159 cm³/mol. The molecule has 0 spiro atoms. The lowest BCUT2D eigenvalue weighted by Crippen LogP contribution is -2.50. The number of nitrogens with zero attached hydrogens (tertiary/aromatic N) is 2. The van der Waals surface area contributed by atoms with Crippen LogP contribution in [0, 0.1) is 0 Å². The maximum atomic E-state index is 13.5. The maximum absolute atomic E-state index is 13.5. The Kier molecular flexibility index (Phi) is 11.6. The second-order valence-electron chi connectivity index (χ2n) is 9.78. The first kappa shape index (κ1) is 31.8. The van der Waals surface area contributed by atoms with E-state index in [9.17, 15) is 18.0 Å². The van der Waals surface area contributed by atoms with E-state index in [0.717, 1.165) is 42.7 Å². The van der Waals surface area contributed by atoms with Gasteiger partial charge in [-0.2, -0.15) is 0 Å². The summed E-state index contributed by atoms with van der Waals surface area (Å²) in [6, 6.07) is 8.91. The second-order valence-corrected chi connectivity index (χ2v) is 13.3. The van der Waals surface area contributed by atoms with E-state index < -0.39 is 16.1 Å². The van der Waals surface area contributed by atoms with Gasteiger partial charge in [0.25, 0.3) is 0 Å². The van der Waals surface area contributed by atoms with Crippen molar-refractivity contribution < 1.29 is 18.0 Å². The number of hydrogen-bond acceptors (Lipinski definition) is 4. The van der Waals surface area contributed by atoms with Gasteiger partial charge in [-0.1, -0.05) is 71.7 Å². The third-order valence-electron chi connectivity index (χ3n) is 6.84. The standard InChI is InChI=1S/C27H33Cl4N3O4S/c1-18(27(36)32-20-8-4-3-5-9-20)33(17-21-22(29)10-6-11-23(21)30)26(35)12-7-15-34(39(2,37)38)25-16-19(28)13-14-24(25)31/h6,10-11,13-14,16,18,20H,3-5,7-9,12,15,17H2,1-2H3,(H,32,36)/t18-/m0/s1. The van der Waals surface area contributed by atoms with E-state index in [1.54, 1.807) is 31.2 Å². The average Bonchev–Trinajstić information content (AvgIpc) is 2.87. The monoisotopic (exact) mass is 635 g/mol. The molecule has 1 atom stereocenters. The number of carbonyl (C=O) groups is 2. The molecule has 0 radical (unpaired) electrons. The van der Waals surface area contributed by atoms with Crippen LogP contribution in [0.5, 0.6) is 0 Å². The van der Waals surface area contributed by atoms with E-state index in [1.165, 1.54) is 17.0 Å². The molecule has 0 aromatic heterocycles. The summed E-state index contributed by atoms with van der Waals surface area (Å²) in [6.45, 7) is 1.70. The van der Waals surface area contributed by atoms with E-state index in [4.69, 9.17) is 46.4 Å². The predicted octanol–water partition coefficient (Wildman–Crippen LogP) is 6.71. The molecule has 0 unspecified atom stereocenters. The largest absolute Gasteiger partial charge is 0.352 e. The SMILES string of the molecule is C[C@@H](C(=O)NC1CCCCC1)N(Cc1c(Cl)cccc1Cl)C(=O)CCCN(c1cc(Cl)ccc1Cl)S(C)(=O)=O. The van der Waals surface area contributed by atoms with Gasteiger partial charge < -0.3 is 10.2 Å². The number of benzene rings is 2. The lowest BCUT2D eigenvalue weighted by atomic mass is 9.95. The van der Waals surface area contributed by atoms with Crippen molar-refractivity contribution in [2.75, 3.05) is 17.1 Å². The zero-order chi connectivity index (χ0) is 28.7. The van der Waals surface area contributed by atoms with E-state index in [0.29, 0.717) is 20.6 Å². The van der Waals surface area contributed by atoms with Gasteiger partial charge in [0.15, 0.2) is 0 Å². The van der Waals surface area contributed by atoms with Crippen LogP contribution in [0.4, 0.5) is 5.69 Å². The Balaban J connectivity index is 1.78. The number of sulfonamides is 1. The Morgan fingerprint density at radius 1 is 1.00 bits per heavy atom. The highest BCUT2D eigenvalue weighted by molar-refractivity contribution is 7.92. The fourth-order valence-electron chi connectivity index (χ4n) is 4.66. The van der Waals surface area contributed by atoms with Gasteiger partial charge in [-0.25, -0.2) is 8.42 Å². The lowest BCUT2D eigenvalue weighted by Gasteiger charge is -2.32. The van der Waals surface area contributed by atoms with Gasteiger partial charge in [0.1, 0.15) is 6.04 Å². The Morgan fingerprint density at radius 3 is 2.26 bits per heavy atom. The third-order valence-corrected chi connectivity index (χ3v) is 9.28. The highest BCUT2D eigenvalue weighted by atomic mass is 35.5. The van der Waals surface area contributed by atoms with Crippen LogP contribution in [-0.4, -0.2) is 50.0 Å². The molecule has 7 nitrogen and oxygen atoms in total. The normalized spacial score (nSPS) is 15.0. The molecule has 2 amide bonds. The molecule has 3 rings (SSSR count). The third kappa shape index (κ3) is 8.89.